The van der Waals surface area contributed by atoms with E-state index in [2.05, 4.69) is 19.9 Å². The topological polar surface area (TPSA) is 54.3 Å². The zero-order valence-corrected chi connectivity index (χ0v) is 15.6. The van der Waals surface area contributed by atoms with Crippen LogP contribution in [0.1, 0.15) is 43.0 Å². The highest BCUT2D eigenvalue weighted by Gasteiger charge is 2.42. The van der Waals surface area contributed by atoms with E-state index in [1.54, 1.807) is 13.2 Å². The molecular weight excluding hydrogens is 328 g/mol. The zero-order valence-electron chi connectivity index (χ0n) is 15.6. The molecule has 2 aliphatic rings. The van der Waals surface area contributed by atoms with Gasteiger partial charge >= 0.3 is 0 Å². The molecule has 0 aliphatic carbocycles. The number of ether oxygens (including phenoxy) is 2. The van der Waals surface area contributed by atoms with Gasteiger partial charge < -0.3 is 14.6 Å². The smallest absolute Gasteiger partial charge is 0.190 e. The van der Waals surface area contributed by atoms with Gasteiger partial charge in [-0.15, -0.1) is 0 Å². The van der Waals surface area contributed by atoms with Crippen LogP contribution >= 0.6 is 0 Å². The van der Waals surface area contributed by atoms with Gasteiger partial charge in [0.25, 0.3) is 0 Å². The Morgan fingerprint density at radius 2 is 2.08 bits per heavy atom. The Bertz CT molecular complexity index is 876. The molecule has 0 saturated carbocycles. The van der Waals surface area contributed by atoms with Crippen molar-refractivity contribution < 1.29 is 14.6 Å². The molecule has 2 unspecified atom stereocenters. The zero-order chi connectivity index (χ0) is 18.4. The van der Waals surface area contributed by atoms with Crippen LogP contribution in [0, 0.1) is 12.8 Å². The highest BCUT2D eigenvalue weighted by Crippen LogP contribution is 2.48. The average molecular weight is 352 g/mol. The van der Waals surface area contributed by atoms with E-state index in [1.807, 2.05) is 36.2 Å². The van der Waals surface area contributed by atoms with Crippen LogP contribution in [0.15, 0.2) is 41.5 Å². The number of methoxy groups -OCH3 is 1. The van der Waals surface area contributed by atoms with Crippen LogP contribution in [-0.4, -0.2) is 29.2 Å². The van der Waals surface area contributed by atoms with Crippen LogP contribution in [0.5, 0.6) is 17.2 Å². The first-order valence-electron chi connectivity index (χ1n) is 8.99. The summed E-state index contributed by atoms with van der Waals surface area (Å²) in [6.07, 6.45) is 0.553. The number of phenols is 1. The third-order valence-corrected chi connectivity index (χ3v) is 5.06. The number of hydrogen-bond acceptors (Lipinski definition) is 5. The molecule has 26 heavy (non-hydrogen) atoms. The van der Waals surface area contributed by atoms with Gasteiger partial charge in [-0.3, -0.25) is 0 Å². The molecule has 2 atom stereocenters. The van der Waals surface area contributed by atoms with Gasteiger partial charge in [0.1, 0.15) is 5.75 Å². The van der Waals surface area contributed by atoms with Gasteiger partial charge in [-0.2, -0.15) is 5.10 Å². The fourth-order valence-corrected chi connectivity index (χ4v) is 3.76. The number of benzene rings is 2. The van der Waals surface area contributed by atoms with E-state index in [1.165, 1.54) is 0 Å². The fourth-order valence-electron chi connectivity index (χ4n) is 3.76. The molecule has 1 N–H and O–H groups in total. The summed E-state index contributed by atoms with van der Waals surface area (Å²) in [5, 5.41) is 17.2. The highest BCUT2D eigenvalue weighted by molar-refractivity contribution is 6.04. The molecule has 0 radical (unpaired) electrons. The number of aryl methyl sites for hydroxylation is 1. The molecule has 4 rings (SSSR count). The van der Waals surface area contributed by atoms with E-state index in [-0.39, 0.29) is 23.9 Å². The third-order valence-electron chi connectivity index (χ3n) is 5.06. The second-order valence-corrected chi connectivity index (χ2v) is 7.30. The minimum absolute atomic E-state index is 0.0798. The van der Waals surface area contributed by atoms with Crippen LogP contribution in [0.3, 0.4) is 0 Å². The quantitative estimate of drug-likeness (QED) is 0.898. The molecule has 0 spiro atoms. The summed E-state index contributed by atoms with van der Waals surface area (Å²) in [5.41, 5.74) is 3.86. The van der Waals surface area contributed by atoms with Crippen molar-refractivity contribution in [2.24, 2.45) is 11.0 Å². The predicted molar refractivity (Wildman–Crippen MR) is 101 cm³/mol. The maximum Gasteiger partial charge on any atom is 0.190 e. The lowest BCUT2D eigenvalue weighted by atomic mass is 9.94. The monoisotopic (exact) mass is 352 g/mol. The van der Waals surface area contributed by atoms with Gasteiger partial charge in [-0.25, -0.2) is 5.01 Å². The number of nitrogens with zero attached hydrogens (tertiary/aromatic N) is 2. The minimum atomic E-state index is -0.173. The van der Waals surface area contributed by atoms with Crippen molar-refractivity contribution in [1.29, 1.82) is 0 Å². The first-order valence-corrected chi connectivity index (χ1v) is 8.99. The second kappa shape index (κ2) is 6.24. The Labute approximate surface area is 153 Å². The molecule has 2 aliphatic heterocycles. The van der Waals surface area contributed by atoms with Crippen LogP contribution in [-0.2, 0) is 0 Å². The lowest BCUT2D eigenvalue weighted by molar-refractivity contribution is -0.0476. The molecular formula is C21H24N2O3. The van der Waals surface area contributed by atoms with E-state index in [0.717, 1.165) is 40.3 Å². The summed E-state index contributed by atoms with van der Waals surface area (Å²) < 4.78 is 11.8. The summed E-state index contributed by atoms with van der Waals surface area (Å²) in [6, 6.07) is 11.7. The average Bonchev–Trinajstić information content (AvgIpc) is 3.07. The van der Waals surface area contributed by atoms with Crippen molar-refractivity contribution in [3.63, 3.8) is 0 Å². The SMILES string of the molecule is COc1cccc2c1OC(C(C)C)N1N=C(c3cc(C)ccc3O)CC21. The standard InChI is InChI=1S/C21H24N2O3/c1-12(2)21-23-17(14-6-5-7-19(25-4)20(14)26-21)11-16(22-23)15-10-13(3)8-9-18(15)24/h5-10,12,17,21,24H,11H2,1-4H3. The Morgan fingerprint density at radius 1 is 1.27 bits per heavy atom. The van der Waals surface area contributed by atoms with E-state index < -0.39 is 0 Å². The van der Waals surface area contributed by atoms with Crippen LogP contribution in [0.4, 0.5) is 0 Å². The summed E-state index contributed by atoms with van der Waals surface area (Å²) in [5.74, 6) is 2.08. The van der Waals surface area contributed by atoms with Gasteiger partial charge in [0, 0.05) is 23.5 Å². The number of phenolic OH excluding ortho intramolecular Hbond substituents is 1. The Morgan fingerprint density at radius 3 is 2.81 bits per heavy atom. The second-order valence-electron chi connectivity index (χ2n) is 7.30. The molecule has 2 heterocycles. The molecule has 5 nitrogen and oxygen atoms in total. The number of hydrazone groups is 1. The van der Waals surface area contributed by atoms with Crippen molar-refractivity contribution in [2.75, 3.05) is 7.11 Å². The maximum atomic E-state index is 10.3. The van der Waals surface area contributed by atoms with Gasteiger partial charge in [0.05, 0.1) is 18.9 Å². The van der Waals surface area contributed by atoms with Crippen molar-refractivity contribution in [3.05, 3.63) is 53.1 Å². The molecule has 0 fully saturated rings. The van der Waals surface area contributed by atoms with Crippen molar-refractivity contribution in [2.45, 2.75) is 39.5 Å². The van der Waals surface area contributed by atoms with Crippen LogP contribution in [0.2, 0.25) is 0 Å². The third kappa shape index (κ3) is 2.59. The van der Waals surface area contributed by atoms with E-state index >= 15 is 0 Å². The highest BCUT2D eigenvalue weighted by atomic mass is 16.5. The first kappa shape index (κ1) is 16.8. The number of aromatic hydroxyl groups is 1. The van der Waals surface area contributed by atoms with E-state index in [4.69, 9.17) is 14.6 Å². The van der Waals surface area contributed by atoms with Crippen molar-refractivity contribution in [1.82, 2.24) is 5.01 Å². The molecule has 2 aromatic carbocycles. The summed E-state index contributed by atoms with van der Waals surface area (Å²) in [6.45, 7) is 6.27. The summed E-state index contributed by atoms with van der Waals surface area (Å²) in [7, 11) is 1.66. The fraction of sp³-hybridized carbons (Fsp3) is 0.381. The Balaban J connectivity index is 1.80. The molecule has 2 aromatic rings. The Kier molecular flexibility index (Phi) is 4.02. The van der Waals surface area contributed by atoms with Crippen LogP contribution in [0.25, 0.3) is 0 Å². The van der Waals surface area contributed by atoms with Gasteiger partial charge in [-0.05, 0) is 25.1 Å². The number of hydrogen-bond donors (Lipinski definition) is 1. The molecule has 136 valence electrons. The summed E-state index contributed by atoms with van der Waals surface area (Å²) in [4.78, 5) is 0. The molecule has 0 aromatic heterocycles. The van der Waals surface area contributed by atoms with Gasteiger partial charge in [0.2, 0.25) is 0 Å². The predicted octanol–water partition coefficient (Wildman–Crippen LogP) is 4.23. The maximum absolute atomic E-state index is 10.3. The first-order chi connectivity index (χ1) is 12.5. The van der Waals surface area contributed by atoms with Crippen molar-refractivity contribution in [3.8, 4) is 17.2 Å². The van der Waals surface area contributed by atoms with E-state index in [0.29, 0.717) is 0 Å². The van der Waals surface area contributed by atoms with Gasteiger partial charge in [-0.1, -0.05) is 37.6 Å². The van der Waals surface area contributed by atoms with E-state index in [9.17, 15) is 5.11 Å². The largest absolute Gasteiger partial charge is 0.507 e. The Hall–Kier alpha value is -2.69. The molecule has 0 amide bonds. The minimum Gasteiger partial charge on any atom is -0.507 e. The van der Waals surface area contributed by atoms with Gasteiger partial charge in [0.15, 0.2) is 17.7 Å². The lowest BCUT2D eigenvalue weighted by Crippen LogP contribution is -2.43. The van der Waals surface area contributed by atoms with Crippen molar-refractivity contribution >= 4 is 5.71 Å². The number of para-hydroxylation sites is 1. The molecule has 5 heteroatoms. The normalized spacial score (nSPS) is 21.1. The summed E-state index contributed by atoms with van der Waals surface area (Å²) >= 11 is 0. The molecule has 0 saturated heterocycles. The lowest BCUT2D eigenvalue weighted by Gasteiger charge is -2.40. The van der Waals surface area contributed by atoms with Crippen LogP contribution < -0.4 is 9.47 Å². The molecule has 0 bridgehead atoms. The number of rotatable bonds is 3. The number of fused-ring (bicyclic) bond motifs is 3.